The molecule has 128 valence electrons. The van der Waals surface area contributed by atoms with E-state index < -0.39 is 0 Å². The highest BCUT2D eigenvalue weighted by Crippen LogP contribution is 2.65. The SMILES string of the molecule is C[C@@H]1C=C2CC(=O)CC[C@]2(CO)[C@H]2CC[C@]3(C)[C@@H](O)CC[C@H]3[C@H]12. The summed E-state index contributed by atoms with van der Waals surface area (Å²) >= 11 is 0. The highest BCUT2D eigenvalue weighted by Gasteiger charge is 2.60. The van der Waals surface area contributed by atoms with Crippen LogP contribution in [0.1, 0.15) is 58.8 Å². The Bertz CT molecular complexity index is 553. The molecule has 4 aliphatic rings. The second-order valence-corrected chi connectivity index (χ2v) is 9.01. The van der Waals surface area contributed by atoms with Crippen LogP contribution in [-0.4, -0.2) is 28.7 Å². The molecule has 0 aliphatic heterocycles. The van der Waals surface area contributed by atoms with E-state index in [1.54, 1.807) is 0 Å². The molecule has 4 aliphatic carbocycles. The first-order chi connectivity index (χ1) is 10.9. The number of fused-ring (bicyclic) bond motifs is 5. The Morgan fingerprint density at radius 2 is 2.00 bits per heavy atom. The third-order valence-electron chi connectivity index (χ3n) is 8.22. The molecule has 0 saturated heterocycles. The largest absolute Gasteiger partial charge is 0.395 e. The zero-order valence-corrected chi connectivity index (χ0v) is 14.4. The highest BCUT2D eigenvalue weighted by molar-refractivity contribution is 5.82. The molecule has 0 heterocycles. The molecule has 3 heteroatoms. The van der Waals surface area contributed by atoms with E-state index in [9.17, 15) is 15.0 Å². The summed E-state index contributed by atoms with van der Waals surface area (Å²) in [6, 6.07) is 0. The van der Waals surface area contributed by atoms with Crippen LogP contribution in [0.25, 0.3) is 0 Å². The second-order valence-electron chi connectivity index (χ2n) is 9.01. The number of hydrogen-bond donors (Lipinski definition) is 2. The fraction of sp³-hybridized carbons (Fsp3) is 0.850. The maximum absolute atomic E-state index is 12.0. The maximum Gasteiger partial charge on any atom is 0.136 e. The van der Waals surface area contributed by atoms with E-state index >= 15 is 0 Å². The molecule has 2 N–H and O–H groups in total. The molecule has 23 heavy (non-hydrogen) atoms. The van der Waals surface area contributed by atoms with Crippen LogP contribution >= 0.6 is 0 Å². The Kier molecular flexibility index (Phi) is 3.55. The Labute approximate surface area is 139 Å². The molecule has 0 aromatic heterocycles. The summed E-state index contributed by atoms with van der Waals surface area (Å²) in [5.41, 5.74) is 1.13. The molecule has 4 rings (SSSR count). The molecule has 0 radical (unpaired) electrons. The van der Waals surface area contributed by atoms with Gasteiger partial charge in [-0.25, -0.2) is 0 Å². The van der Waals surface area contributed by atoms with Crippen molar-refractivity contribution >= 4 is 5.78 Å². The smallest absolute Gasteiger partial charge is 0.136 e. The first kappa shape index (κ1) is 15.8. The number of aliphatic hydroxyl groups is 2. The molecule has 3 nitrogen and oxygen atoms in total. The van der Waals surface area contributed by atoms with Crippen molar-refractivity contribution in [2.45, 2.75) is 64.9 Å². The van der Waals surface area contributed by atoms with E-state index in [1.165, 1.54) is 5.57 Å². The van der Waals surface area contributed by atoms with Crippen molar-refractivity contribution in [3.63, 3.8) is 0 Å². The van der Waals surface area contributed by atoms with Gasteiger partial charge in [0.2, 0.25) is 0 Å². The van der Waals surface area contributed by atoms with Gasteiger partial charge in [0.05, 0.1) is 12.7 Å². The average molecular weight is 318 g/mol. The van der Waals surface area contributed by atoms with Gasteiger partial charge in [-0.15, -0.1) is 0 Å². The Morgan fingerprint density at radius 3 is 2.74 bits per heavy atom. The number of hydrogen-bond acceptors (Lipinski definition) is 3. The molecule has 0 amide bonds. The third-order valence-corrected chi connectivity index (χ3v) is 8.22. The second kappa shape index (κ2) is 5.16. The summed E-state index contributed by atoms with van der Waals surface area (Å²) in [6.45, 7) is 4.76. The molecule has 0 aromatic rings. The van der Waals surface area contributed by atoms with Gasteiger partial charge in [-0.05, 0) is 61.2 Å². The quantitative estimate of drug-likeness (QED) is 0.731. The Balaban J connectivity index is 1.77. The van der Waals surface area contributed by atoms with Gasteiger partial charge in [0.15, 0.2) is 0 Å². The van der Waals surface area contributed by atoms with Crippen molar-refractivity contribution in [2.75, 3.05) is 6.61 Å². The van der Waals surface area contributed by atoms with Crippen molar-refractivity contribution in [3.8, 4) is 0 Å². The summed E-state index contributed by atoms with van der Waals surface area (Å²) in [7, 11) is 0. The van der Waals surface area contributed by atoms with Crippen LogP contribution in [-0.2, 0) is 4.79 Å². The first-order valence-corrected chi connectivity index (χ1v) is 9.44. The molecule has 0 bridgehead atoms. The van der Waals surface area contributed by atoms with Crippen LogP contribution in [0.2, 0.25) is 0 Å². The van der Waals surface area contributed by atoms with Gasteiger partial charge in [0.25, 0.3) is 0 Å². The van der Waals surface area contributed by atoms with Crippen molar-refractivity contribution in [2.24, 2.45) is 34.5 Å². The van der Waals surface area contributed by atoms with Crippen LogP contribution in [0, 0.1) is 34.5 Å². The van der Waals surface area contributed by atoms with Gasteiger partial charge >= 0.3 is 0 Å². The van der Waals surface area contributed by atoms with Gasteiger partial charge in [-0.1, -0.05) is 25.5 Å². The summed E-state index contributed by atoms with van der Waals surface area (Å²) in [4.78, 5) is 12.0. The first-order valence-electron chi connectivity index (χ1n) is 9.44. The van der Waals surface area contributed by atoms with Crippen LogP contribution < -0.4 is 0 Å². The van der Waals surface area contributed by atoms with E-state index in [2.05, 4.69) is 19.9 Å². The van der Waals surface area contributed by atoms with Crippen molar-refractivity contribution in [1.29, 1.82) is 0 Å². The zero-order valence-electron chi connectivity index (χ0n) is 14.4. The Hall–Kier alpha value is -0.670. The summed E-state index contributed by atoms with van der Waals surface area (Å²) in [5.74, 6) is 2.39. The number of carbonyl (C=O) groups excluding carboxylic acids is 1. The monoisotopic (exact) mass is 318 g/mol. The molecule has 0 spiro atoms. The van der Waals surface area contributed by atoms with Gasteiger partial charge in [0.1, 0.15) is 5.78 Å². The van der Waals surface area contributed by atoms with Gasteiger partial charge in [0, 0.05) is 18.3 Å². The number of ketones is 1. The van der Waals surface area contributed by atoms with Crippen LogP contribution in [0.5, 0.6) is 0 Å². The van der Waals surface area contributed by atoms with E-state index in [-0.39, 0.29) is 23.5 Å². The van der Waals surface area contributed by atoms with Crippen LogP contribution in [0.15, 0.2) is 11.6 Å². The van der Waals surface area contributed by atoms with Gasteiger partial charge in [-0.3, -0.25) is 4.79 Å². The number of allylic oxidation sites excluding steroid dienone is 1. The van der Waals surface area contributed by atoms with Crippen molar-refractivity contribution in [3.05, 3.63) is 11.6 Å². The van der Waals surface area contributed by atoms with E-state index in [0.29, 0.717) is 42.3 Å². The summed E-state index contributed by atoms with van der Waals surface area (Å²) < 4.78 is 0. The van der Waals surface area contributed by atoms with Gasteiger partial charge < -0.3 is 10.2 Å². The minimum Gasteiger partial charge on any atom is -0.395 e. The number of carbonyl (C=O) groups is 1. The highest BCUT2D eigenvalue weighted by atomic mass is 16.3. The molecule has 0 aromatic carbocycles. The average Bonchev–Trinajstić information content (AvgIpc) is 2.83. The standard InChI is InChI=1S/C20H30O3/c1-12-9-13-10-14(22)5-8-20(13,11-21)16-6-7-19(2)15(18(12)16)3-4-17(19)23/h9,12,15-18,21,23H,3-8,10-11H2,1-2H3/t12-,15+,16+,17+,18+,19+,20-/m1/s1. The number of aliphatic hydroxyl groups excluding tert-OH is 2. The van der Waals surface area contributed by atoms with E-state index in [0.717, 1.165) is 32.1 Å². The number of Topliss-reactive ketones (excluding diaryl/α,β-unsaturated/α-hetero) is 1. The van der Waals surface area contributed by atoms with Crippen molar-refractivity contribution in [1.82, 2.24) is 0 Å². The van der Waals surface area contributed by atoms with Gasteiger partial charge in [-0.2, -0.15) is 0 Å². The molecule has 0 unspecified atom stereocenters. The minimum absolute atomic E-state index is 0.0574. The fourth-order valence-electron chi connectivity index (χ4n) is 6.92. The third kappa shape index (κ3) is 1.99. The predicted octanol–water partition coefficient (Wildman–Crippen LogP) is 3.10. The summed E-state index contributed by atoms with van der Waals surface area (Å²) in [6.07, 6.45) is 8.37. The van der Waals surface area contributed by atoms with Crippen molar-refractivity contribution < 1.29 is 15.0 Å². The number of rotatable bonds is 1. The lowest BCUT2D eigenvalue weighted by Crippen LogP contribution is -2.55. The molecule has 3 fully saturated rings. The molecular weight excluding hydrogens is 288 g/mol. The minimum atomic E-state index is -0.163. The normalized spacial score (nSPS) is 52.4. The van der Waals surface area contributed by atoms with Crippen LogP contribution in [0.4, 0.5) is 0 Å². The molecule has 3 saturated carbocycles. The van der Waals surface area contributed by atoms with E-state index in [1.807, 2.05) is 0 Å². The van der Waals surface area contributed by atoms with E-state index in [4.69, 9.17) is 0 Å². The lowest BCUT2D eigenvalue weighted by atomic mass is 9.46. The topological polar surface area (TPSA) is 57.5 Å². The van der Waals surface area contributed by atoms with Crippen LogP contribution in [0.3, 0.4) is 0 Å². The molecular formula is C20H30O3. The Morgan fingerprint density at radius 1 is 1.22 bits per heavy atom. The zero-order chi connectivity index (χ0) is 16.4. The lowest BCUT2D eigenvalue weighted by Gasteiger charge is -2.59. The molecule has 7 atom stereocenters. The fourth-order valence-corrected chi connectivity index (χ4v) is 6.92. The lowest BCUT2D eigenvalue weighted by molar-refractivity contribution is -0.126. The predicted molar refractivity (Wildman–Crippen MR) is 88.7 cm³/mol. The summed E-state index contributed by atoms with van der Waals surface area (Å²) in [5, 5.41) is 20.9. The maximum atomic E-state index is 12.0.